The van der Waals surface area contributed by atoms with E-state index in [9.17, 15) is 4.79 Å². The maximum Gasteiger partial charge on any atom is 0.233 e. The minimum atomic E-state index is 0.0436. The van der Waals surface area contributed by atoms with Gasteiger partial charge < -0.3 is 0 Å². The van der Waals surface area contributed by atoms with E-state index in [1.807, 2.05) is 31.2 Å². The Morgan fingerprint density at radius 3 is 2.55 bits per heavy atom. The number of amides is 1. The van der Waals surface area contributed by atoms with Gasteiger partial charge in [0.25, 0.3) is 0 Å². The molecular weight excluding hydrogens is 268 g/mol. The lowest BCUT2D eigenvalue weighted by molar-refractivity contribution is -0.132. The van der Waals surface area contributed by atoms with E-state index in [1.54, 1.807) is 23.3 Å². The maximum atomic E-state index is 11.6. The minimum Gasteiger partial charge on any atom is -0.278 e. The molecule has 1 aromatic heterocycles. The molecule has 0 saturated heterocycles. The smallest absolute Gasteiger partial charge is 0.233 e. The molecule has 0 aliphatic rings. The first-order valence-corrected chi connectivity index (χ1v) is 7.70. The molecule has 20 heavy (non-hydrogen) atoms. The van der Waals surface area contributed by atoms with Crippen molar-refractivity contribution in [3.63, 3.8) is 0 Å². The topological polar surface area (TPSA) is 32.3 Å². The average molecular weight is 288 g/mol. The number of benzene rings is 1. The predicted octanol–water partition coefficient (Wildman–Crippen LogP) is 3.40. The largest absolute Gasteiger partial charge is 0.278 e. The van der Waals surface area contributed by atoms with Gasteiger partial charge in [-0.05, 0) is 30.4 Å². The fourth-order valence-corrected chi connectivity index (χ4v) is 2.91. The Labute approximate surface area is 124 Å². The van der Waals surface area contributed by atoms with Crippen molar-refractivity contribution in [1.29, 1.82) is 0 Å². The summed E-state index contributed by atoms with van der Waals surface area (Å²) < 4.78 is 0. The normalized spacial score (nSPS) is 12.1. The zero-order valence-corrected chi connectivity index (χ0v) is 12.7. The summed E-state index contributed by atoms with van der Waals surface area (Å²) in [5, 5.41) is 3.74. The highest BCUT2D eigenvalue weighted by Crippen LogP contribution is 2.23. The van der Waals surface area contributed by atoms with Gasteiger partial charge in [-0.15, -0.1) is 11.3 Å². The standard InChI is InChI=1S/C16H20N2OS/c1-3-18(13(2)19)17-15(16-10-7-11-20-16)12-14-8-5-4-6-9-14/h4-11,15,17H,3,12H2,1-2H3. The summed E-state index contributed by atoms with van der Waals surface area (Å²) in [5.74, 6) is 0.0436. The molecule has 1 atom stereocenters. The van der Waals surface area contributed by atoms with Crippen LogP contribution in [0.3, 0.4) is 0 Å². The highest BCUT2D eigenvalue weighted by atomic mass is 32.1. The zero-order chi connectivity index (χ0) is 14.4. The second-order valence-corrected chi connectivity index (χ2v) is 5.63. The Morgan fingerprint density at radius 1 is 1.25 bits per heavy atom. The summed E-state index contributed by atoms with van der Waals surface area (Å²) in [7, 11) is 0. The third-order valence-electron chi connectivity index (χ3n) is 3.18. The van der Waals surface area contributed by atoms with Crippen molar-refractivity contribution >= 4 is 17.2 Å². The molecule has 0 aliphatic carbocycles. The van der Waals surface area contributed by atoms with Crippen molar-refractivity contribution in [3.8, 4) is 0 Å². The van der Waals surface area contributed by atoms with Gasteiger partial charge in [-0.25, -0.2) is 5.43 Å². The number of thiophene rings is 1. The lowest BCUT2D eigenvalue weighted by Gasteiger charge is -2.27. The first kappa shape index (κ1) is 14.8. The molecule has 0 fully saturated rings. The van der Waals surface area contributed by atoms with Crippen LogP contribution >= 0.6 is 11.3 Å². The summed E-state index contributed by atoms with van der Waals surface area (Å²) in [6.07, 6.45) is 0.866. The molecule has 106 valence electrons. The number of nitrogens with one attached hydrogen (secondary N) is 1. The second kappa shape index (κ2) is 7.22. The molecule has 0 bridgehead atoms. The Hall–Kier alpha value is -1.65. The number of hydrogen-bond acceptors (Lipinski definition) is 3. The van der Waals surface area contributed by atoms with Gasteiger partial charge in [-0.1, -0.05) is 36.4 Å². The number of nitrogens with zero attached hydrogens (tertiary/aromatic N) is 1. The summed E-state index contributed by atoms with van der Waals surface area (Å²) in [5.41, 5.74) is 4.61. The average Bonchev–Trinajstić information content (AvgIpc) is 2.98. The number of carbonyl (C=O) groups excluding carboxylic acids is 1. The lowest BCUT2D eigenvalue weighted by atomic mass is 10.1. The van der Waals surface area contributed by atoms with Crippen molar-refractivity contribution < 1.29 is 4.79 Å². The monoisotopic (exact) mass is 288 g/mol. The molecule has 3 nitrogen and oxygen atoms in total. The second-order valence-electron chi connectivity index (χ2n) is 4.65. The Kier molecular flexibility index (Phi) is 5.32. The van der Waals surface area contributed by atoms with Crippen molar-refractivity contribution in [3.05, 3.63) is 58.3 Å². The third-order valence-corrected chi connectivity index (χ3v) is 4.16. The minimum absolute atomic E-state index is 0.0436. The van der Waals surface area contributed by atoms with Gasteiger partial charge in [-0.2, -0.15) is 0 Å². The Bertz CT molecular complexity index is 525. The maximum absolute atomic E-state index is 11.6. The van der Waals surface area contributed by atoms with Gasteiger partial charge in [0, 0.05) is 18.3 Å². The van der Waals surface area contributed by atoms with Crippen molar-refractivity contribution in [2.75, 3.05) is 6.54 Å². The number of hydrogen-bond donors (Lipinski definition) is 1. The van der Waals surface area contributed by atoms with Crippen LogP contribution in [0.4, 0.5) is 0 Å². The van der Waals surface area contributed by atoms with E-state index in [4.69, 9.17) is 0 Å². The number of rotatable bonds is 6. The molecule has 0 aliphatic heterocycles. The van der Waals surface area contributed by atoms with Gasteiger partial charge in [0.15, 0.2) is 0 Å². The quantitative estimate of drug-likeness (QED) is 0.826. The molecule has 1 N–H and O–H groups in total. The van der Waals surface area contributed by atoms with E-state index in [2.05, 4.69) is 29.0 Å². The first-order valence-electron chi connectivity index (χ1n) is 6.82. The van der Waals surface area contributed by atoms with E-state index >= 15 is 0 Å². The van der Waals surface area contributed by atoms with E-state index in [1.165, 1.54) is 10.4 Å². The Morgan fingerprint density at radius 2 is 2.00 bits per heavy atom. The SMILES string of the molecule is CCN(NC(Cc1ccccc1)c1cccs1)C(C)=O. The Balaban J connectivity index is 2.15. The zero-order valence-electron chi connectivity index (χ0n) is 11.9. The highest BCUT2D eigenvalue weighted by Gasteiger charge is 2.17. The van der Waals surface area contributed by atoms with Crippen molar-refractivity contribution in [2.45, 2.75) is 26.3 Å². The molecule has 2 aromatic rings. The van der Waals surface area contributed by atoms with Crippen molar-refractivity contribution in [2.24, 2.45) is 0 Å². The molecular formula is C16H20N2OS. The van der Waals surface area contributed by atoms with Crippen LogP contribution in [0.15, 0.2) is 47.8 Å². The van der Waals surface area contributed by atoms with Crippen LogP contribution in [0.1, 0.15) is 30.3 Å². The van der Waals surface area contributed by atoms with Gasteiger partial charge in [0.2, 0.25) is 5.91 Å². The predicted molar refractivity (Wildman–Crippen MR) is 83.4 cm³/mol. The third kappa shape index (κ3) is 3.92. The number of carbonyl (C=O) groups is 1. The molecule has 0 radical (unpaired) electrons. The molecule has 2 rings (SSSR count). The van der Waals surface area contributed by atoms with Crippen LogP contribution in [-0.2, 0) is 11.2 Å². The van der Waals surface area contributed by atoms with Crippen LogP contribution in [0.5, 0.6) is 0 Å². The summed E-state index contributed by atoms with van der Waals surface area (Å²) >= 11 is 1.71. The van der Waals surface area contributed by atoms with E-state index in [-0.39, 0.29) is 11.9 Å². The molecule has 1 heterocycles. The summed E-state index contributed by atoms with van der Waals surface area (Å²) in [6, 6.07) is 14.6. The molecule has 4 heteroatoms. The molecule has 0 saturated carbocycles. The number of hydrazine groups is 1. The first-order chi connectivity index (χ1) is 9.70. The van der Waals surface area contributed by atoms with Gasteiger partial charge in [-0.3, -0.25) is 9.80 Å². The molecule has 1 aromatic carbocycles. The van der Waals surface area contributed by atoms with Crippen LogP contribution in [-0.4, -0.2) is 17.5 Å². The molecule has 1 amide bonds. The van der Waals surface area contributed by atoms with Gasteiger partial charge in [0.1, 0.15) is 0 Å². The molecule has 1 unspecified atom stereocenters. The lowest BCUT2D eigenvalue weighted by Crippen LogP contribution is -2.43. The van der Waals surface area contributed by atoms with E-state index < -0.39 is 0 Å². The van der Waals surface area contributed by atoms with E-state index in [0.717, 1.165) is 6.42 Å². The van der Waals surface area contributed by atoms with Gasteiger partial charge in [0.05, 0.1) is 6.04 Å². The van der Waals surface area contributed by atoms with Crippen LogP contribution in [0.2, 0.25) is 0 Å². The van der Waals surface area contributed by atoms with Crippen LogP contribution < -0.4 is 5.43 Å². The fraction of sp³-hybridized carbons (Fsp3) is 0.312. The summed E-state index contributed by atoms with van der Waals surface area (Å²) in [4.78, 5) is 12.8. The fourth-order valence-electron chi connectivity index (χ4n) is 2.14. The highest BCUT2D eigenvalue weighted by molar-refractivity contribution is 7.10. The van der Waals surface area contributed by atoms with Gasteiger partial charge >= 0.3 is 0 Å². The van der Waals surface area contributed by atoms with Crippen LogP contribution in [0, 0.1) is 0 Å². The molecule has 0 spiro atoms. The van der Waals surface area contributed by atoms with Crippen molar-refractivity contribution in [1.82, 2.24) is 10.4 Å². The summed E-state index contributed by atoms with van der Waals surface area (Å²) in [6.45, 7) is 4.22. The van der Waals surface area contributed by atoms with Crippen LogP contribution in [0.25, 0.3) is 0 Å². The van der Waals surface area contributed by atoms with E-state index in [0.29, 0.717) is 6.54 Å².